The Morgan fingerprint density at radius 2 is 1.56 bits per heavy atom. The molecule has 0 rings (SSSR count). The van der Waals surface area contributed by atoms with Gasteiger partial charge in [0.25, 0.3) is 0 Å². The fraction of sp³-hybridized carbons (Fsp3) is 0.833. The molecule has 0 spiro atoms. The monoisotopic (exact) mass is 132 g/mol. The topological polar surface area (TPSA) is 46.3 Å². The van der Waals surface area contributed by atoms with E-state index < -0.39 is 0 Å². The van der Waals surface area contributed by atoms with E-state index in [-0.39, 0.29) is 5.91 Å². The minimum Gasteiger partial charge on any atom is -0.370 e. The summed E-state index contributed by atoms with van der Waals surface area (Å²) < 4.78 is 0. The Balaban J connectivity index is 0. The lowest BCUT2D eigenvalue weighted by Gasteiger charge is -1.90. The standard InChI is InChI=1S/C3H7NO.C3H9N/c1-2-3(4)5;1-4(2)3/h2H2,1H3,(H2,4,5);1-3H3. The van der Waals surface area contributed by atoms with E-state index in [1.165, 1.54) is 0 Å². The molecule has 56 valence electrons. The zero-order valence-corrected chi connectivity index (χ0v) is 6.64. The van der Waals surface area contributed by atoms with Crippen LogP contribution in [0.5, 0.6) is 0 Å². The molecule has 0 unspecified atom stereocenters. The van der Waals surface area contributed by atoms with Crippen LogP contribution in [-0.2, 0) is 4.79 Å². The smallest absolute Gasteiger partial charge is 0.217 e. The van der Waals surface area contributed by atoms with E-state index in [1.807, 2.05) is 26.0 Å². The molecule has 3 heteroatoms. The summed E-state index contributed by atoms with van der Waals surface area (Å²) in [6.45, 7) is 1.72. The van der Waals surface area contributed by atoms with Gasteiger partial charge in [-0.25, -0.2) is 0 Å². The number of primary amides is 1. The molecule has 0 aromatic carbocycles. The van der Waals surface area contributed by atoms with Crippen molar-refractivity contribution >= 4 is 5.91 Å². The summed E-state index contributed by atoms with van der Waals surface area (Å²) in [4.78, 5) is 11.6. The second-order valence-corrected chi connectivity index (χ2v) is 2.16. The van der Waals surface area contributed by atoms with Gasteiger partial charge in [0.2, 0.25) is 5.91 Å². The summed E-state index contributed by atoms with van der Waals surface area (Å²) in [5, 5.41) is 0. The van der Waals surface area contributed by atoms with Gasteiger partial charge in [-0.05, 0) is 21.1 Å². The fourth-order valence-corrected chi connectivity index (χ4v) is 0. The van der Waals surface area contributed by atoms with Crippen molar-refractivity contribution in [2.75, 3.05) is 21.1 Å². The molecule has 0 aromatic heterocycles. The molecule has 2 N–H and O–H groups in total. The Labute approximate surface area is 56.8 Å². The van der Waals surface area contributed by atoms with Crippen molar-refractivity contribution in [2.24, 2.45) is 5.73 Å². The van der Waals surface area contributed by atoms with Crippen LogP contribution in [0.1, 0.15) is 13.3 Å². The molecular formula is C6H16N2O. The lowest BCUT2D eigenvalue weighted by atomic mass is 10.5. The first kappa shape index (κ1) is 11.3. The molecule has 1 amide bonds. The SMILES string of the molecule is CCC(N)=O.CN(C)C. The molecule has 0 fully saturated rings. The minimum atomic E-state index is -0.245. The van der Waals surface area contributed by atoms with Gasteiger partial charge in [-0.3, -0.25) is 4.79 Å². The number of amides is 1. The van der Waals surface area contributed by atoms with E-state index in [9.17, 15) is 4.79 Å². The van der Waals surface area contributed by atoms with Crippen LogP contribution in [0.2, 0.25) is 0 Å². The van der Waals surface area contributed by atoms with Crippen molar-refractivity contribution < 1.29 is 4.79 Å². The lowest BCUT2D eigenvalue weighted by molar-refractivity contribution is -0.117. The first-order valence-corrected chi connectivity index (χ1v) is 2.90. The van der Waals surface area contributed by atoms with Crippen molar-refractivity contribution in [3.63, 3.8) is 0 Å². The Kier molecular flexibility index (Phi) is 9.29. The summed E-state index contributed by atoms with van der Waals surface area (Å²) in [5.74, 6) is -0.245. The lowest BCUT2D eigenvalue weighted by Crippen LogP contribution is -2.06. The highest BCUT2D eigenvalue weighted by molar-refractivity contribution is 5.73. The van der Waals surface area contributed by atoms with Gasteiger partial charge in [0.15, 0.2) is 0 Å². The third-order valence-corrected chi connectivity index (χ3v) is 0.348. The number of rotatable bonds is 1. The molecule has 0 bridgehead atoms. The van der Waals surface area contributed by atoms with Crippen molar-refractivity contribution in [3.05, 3.63) is 0 Å². The number of nitrogens with zero attached hydrogens (tertiary/aromatic N) is 1. The van der Waals surface area contributed by atoms with Crippen LogP contribution >= 0.6 is 0 Å². The minimum absolute atomic E-state index is 0.245. The molecule has 0 atom stereocenters. The van der Waals surface area contributed by atoms with Gasteiger partial charge in [0.1, 0.15) is 0 Å². The Bertz CT molecular complexity index is 68.7. The van der Waals surface area contributed by atoms with E-state index in [1.54, 1.807) is 6.92 Å². The van der Waals surface area contributed by atoms with E-state index in [2.05, 4.69) is 5.73 Å². The number of carbonyl (C=O) groups excluding carboxylic acids is 1. The van der Waals surface area contributed by atoms with E-state index >= 15 is 0 Å². The molecule has 0 radical (unpaired) electrons. The van der Waals surface area contributed by atoms with Crippen LogP contribution in [0.3, 0.4) is 0 Å². The number of hydrogen-bond donors (Lipinski definition) is 1. The molecule has 0 aliphatic carbocycles. The third kappa shape index (κ3) is 107. The van der Waals surface area contributed by atoms with Crippen LogP contribution in [0.15, 0.2) is 0 Å². The molecule has 0 aliphatic heterocycles. The molecule has 0 aromatic rings. The molecule has 0 saturated heterocycles. The van der Waals surface area contributed by atoms with Gasteiger partial charge in [0, 0.05) is 6.42 Å². The summed E-state index contributed by atoms with van der Waals surface area (Å²) in [5.41, 5.74) is 4.65. The molecule has 0 heterocycles. The Morgan fingerprint density at radius 3 is 1.56 bits per heavy atom. The first-order chi connectivity index (χ1) is 4.00. The van der Waals surface area contributed by atoms with Gasteiger partial charge in [-0.15, -0.1) is 0 Å². The first-order valence-electron chi connectivity index (χ1n) is 2.90. The molecule has 3 nitrogen and oxygen atoms in total. The van der Waals surface area contributed by atoms with Crippen LogP contribution in [-0.4, -0.2) is 32.0 Å². The quantitative estimate of drug-likeness (QED) is 0.548. The predicted octanol–water partition coefficient (Wildman–Crippen LogP) is 0.0595. The van der Waals surface area contributed by atoms with E-state index in [0.29, 0.717) is 6.42 Å². The largest absolute Gasteiger partial charge is 0.370 e. The van der Waals surface area contributed by atoms with Gasteiger partial charge in [-0.1, -0.05) is 6.92 Å². The van der Waals surface area contributed by atoms with Crippen molar-refractivity contribution in [1.29, 1.82) is 0 Å². The molecule has 0 aliphatic rings. The van der Waals surface area contributed by atoms with Gasteiger partial charge >= 0.3 is 0 Å². The number of carbonyl (C=O) groups is 1. The zero-order chi connectivity index (χ0) is 7.86. The second-order valence-electron chi connectivity index (χ2n) is 2.16. The van der Waals surface area contributed by atoms with E-state index in [4.69, 9.17) is 0 Å². The molecule has 0 saturated carbocycles. The van der Waals surface area contributed by atoms with Crippen molar-refractivity contribution in [3.8, 4) is 0 Å². The van der Waals surface area contributed by atoms with Crippen LogP contribution in [0, 0.1) is 0 Å². The Hall–Kier alpha value is -0.570. The zero-order valence-electron chi connectivity index (χ0n) is 6.64. The number of hydrogen-bond acceptors (Lipinski definition) is 2. The van der Waals surface area contributed by atoms with Crippen molar-refractivity contribution in [2.45, 2.75) is 13.3 Å². The second kappa shape index (κ2) is 7.43. The maximum absolute atomic E-state index is 9.59. The third-order valence-electron chi connectivity index (χ3n) is 0.348. The number of nitrogens with two attached hydrogens (primary N) is 1. The van der Waals surface area contributed by atoms with Gasteiger partial charge in [-0.2, -0.15) is 0 Å². The summed E-state index contributed by atoms with van der Waals surface area (Å²) in [6, 6.07) is 0. The summed E-state index contributed by atoms with van der Waals surface area (Å²) in [7, 11) is 6.00. The highest BCUT2D eigenvalue weighted by Gasteiger charge is 1.77. The van der Waals surface area contributed by atoms with Crippen LogP contribution < -0.4 is 5.73 Å². The van der Waals surface area contributed by atoms with Gasteiger partial charge in [0.05, 0.1) is 0 Å². The maximum atomic E-state index is 9.59. The predicted molar refractivity (Wildman–Crippen MR) is 39.1 cm³/mol. The van der Waals surface area contributed by atoms with Gasteiger partial charge < -0.3 is 10.6 Å². The summed E-state index contributed by atoms with van der Waals surface area (Å²) >= 11 is 0. The average molecular weight is 132 g/mol. The van der Waals surface area contributed by atoms with Crippen LogP contribution in [0.25, 0.3) is 0 Å². The molecular weight excluding hydrogens is 116 g/mol. The maximum Gasteiger partial charge on any atom is 0.217 e. The summed E-state index contributed by atoms with van der Waals surface area (Å²) in [6.07, 6.45) is 0.444. The highest BCUT2D eigenvalue weighted by Crippen LogP contribution is 1.63. The fourth-order valence-electron chi connectivity index (χ4n) is 0. The normalized spacial score (nSPS) is 8.11. The highest BCUT2D eigenvalue weighted by atomic mass is 16.1. The Morgan fingerprint density at radius 1 is 1.44 bits per heavy atom. The van der Waals surface area contributed by atoms with Crippen molar-refractivity contribution in [1.82, 2.24) is 4.90 Å². The van der Waals surface area contributed by atoms with E-state index in [0.717, 1.165) is 0 Å². The van der Waals surface area contributed by atoms with Crippen LogP contribution in [0.4, 0.5) is 0 Å². The molecule has 9 heavy (non-hydrogen) atoms. The average Bonchev–Trinajstić information content (AvgIpc) is 1.65.